The number of nitrogens with one attached hydrogen (secondary N) is 1. The maximum Gasteiger partial charge on any atom is 0.0993 e. The molecule has 0 aromatic carbocycles. The fourth-order valence-corrected chi connectivity index (χ4v) is 1.76. The van der Waals surface area contributed by atoms with Crippen LogP contribution in [0.3, 0.4) is 0 Å². The minimum Gasteiger partial charge on any atom is -0.372 e. The average molecular weight is 178 g/mol. The summed E-state index contributed by atoms with van der Waals surface area (Å²) < 4.78 is 5.64. The van der Waals surface area contributed by atoms with Crippen molar-refractivity contribution in [2.24, 2.45) is 0 Å². The summed E-state index contributed by atoms with van der Waals surface area (Å²) in [7, 11) is 1.97. The van der Waals surface area contributed by atoms with E-state index in [1.165, 1.54) is 5.56 Å². The Kier molecular flexibility index (Phi) is 2.57. The van der Waals surface area contributed by atoms with E-state index in [1.54, 1.807) is 6.20 Å². The van der Waals surface area contributed by atoms with Gasteiger partial charge in [0.2, 0.25) is 0 Å². The minimum atomic E-state index is 0.179. The van der Waals surface area contributed by atoms with Gasteiger partial charge >= 0.3 is 0 Å². The molecule has 0 amide bonds. The fourth-order valence-electron chi connectivity index (χ4n) is 1.76. The molecule has 13 heavy (non-hydrogen) atoms. The highest BCUT2D eigenvalue weighted by Crippen LogP contribution is 2.27. The Hall–Kier alpha value is -0.930. The van der Waals surface area contributed by atoms with Crippen molar-refractivity contribution in [2.75, 3.05) is 13.7 Å². The van der Waals surface area contributed by atoms with Gasteiger partial charge in [0.1, 0.15) is 0 Å². The van der Waals surface area contributed by atoms with Gasteiger partial charge in [-0.25, -0.2) is 0 Å². The van der Waals surface area contributed by atoms with Crippen LogP contribution in [0.15, 0.2) is 24.5 Å². The van der Waals surface area contributed by atoms with Crippen molar-refractivity contribution >= 4 is 0 Å². The van der Waals surface area contributed by atoms with Gasteiger partial charge < -0.3 is 10.1 Å². The molecule has 1 aromatic heterocycles. The molecule has 0 spiro atoms. The quantitative estimate of drug-likeness (QED) is 0.737. The lowest BCUT2D eigenvalue weighted by Crippen LogP contribution is -2.28. The molecule has 1 aromatic rings. The van der Waals surface area contributed by atoms with Crippen LogP contribution in [0.1, 0.15) is 18.1 Å². The van der Waals surface area contributed by atoms with Crippen molar-refractivity contribution in [3.63, 3.8) is 0 Å². The first-order valence-electron chi connectivity index (χ1n) is 4.60. The van der Waals surface area contributed by atoms with Crippen LogP contribution < -0.4 is 5.32 Å². The van der Waals surface area contributed by atoms with Gasteiger partial charge in [-0.05, 0) is 19.5 Å². The van der Waals surface area contributed by atoms with Crippen molar-refractivity contribution in [2.45, 2.75) is 18.6 Å². The summed E-state index contributed by atoms with van der Waals surface area (Å²) in [5.74, 6) is 0. The molecule has 1 saturated heterocycles. The van der Waals surface area contributed by atoms with E-state index in [4.69, 9.17) is 4.74 Å². The molecule has 3 heteroatoms. The smallest absolute Gasteiger partial charge is 0.0993 e. The van der Waals surface area contributed by atoms with Gasteiger partial charge in [-0.2, -0.15) is 0 Å². The van der Waals surface area contributed by atoms with Crippen LogP contribution in [0.2, 0.25) is 0 Å². The van der Waals surface area contributed by atoms with Crippen LogP contribution in [0, 0.1) is 0 Å². The van der Waals surface area contributed by atoms with Crippen LogP contribution in [0.5, 0.6) is 0 Å². The molecule has 0 bridgehead atoms. The molecule has 3 nitrogen and oxygen atoms in total. The lowest BCUT2D eigenvalue weighted by molar-refractivity contribution is 0.0999. The molecule has 0 radical (unpaired) electrons. The maximum atomic E-state index is 5.64. The highest BCUT2D eigenvalue weighted by molar-refractivity contribution is 5.15. The fraction of sp³-hybridized carbons (Fsp3) is 0.500. The molecule has 2 unspecified atom stereocenters. The number of ether oxygens (including phenoxy) is 1. The number of likely N-dealkylation sites (N-methyl/N-ethyl adjacent to an activating group) is 1. The van der Waals surface area contributed by atoms with Crippen LogP contribution in [0.25, 0.3) is 0 Å². The molecule has 0 aliphatic carbocycles. The second-order valence-corrected chi connectivity index (χ2v) is 3.26. The number of hydrogen-bond donors (Lipinski definition) is 1. The van der Waals surface area contributed by atoms with Gasteiger partial charge in [-0.1, -0.05) is 6.07 Å². The molecule has 2 rings (SSSR count). The first-order valence-corrected chi connectivity index (χ1v) is 4.60. The summed E-state index contributed by atoms with van der Waals surface area (Å²) in [5, 5.41) is 3.26. The summed E-state index contributed by atoms with van der Waals surface area (Å²) in [6.07, 6.45) is 4.92. The lowest BCUT2D eigenvalue weighted by Gasteiger charge is -2.17. The standard InChI is InChI=1S/C10H14N2O/c1-11-9-4-6-13-10(9)8-3-2-5-12-7-8/h2-3,5,7,9-11H,4,6H2,1H3. The highest BCUT2D eigenvalue weighted by Gasteiger charge is 2.27. The molecular formula is C10H14N2O. The Labute approximate surface area is 78.1 Å². The molecule has 70 valence electrons. The van der Waals surface area contributed by atoms with E-state index >= 15 is 0 Å². The van der Waals surface area contributed by atoms with E-state index in [0.717, 1.165) is 13.0 Å². The van der Waals surface area contributed by atoms with Crippen molar-refractivity contribution in [3.8, 4) is 0 Å². The Bertz CT molecular complexity index is 263. The van der Waals surface area contributed by atoms with Crippen LogP contribution in [-0.4, -0.2) is 24.7 Å². The number of pyridine rings is 1. The highest BCUT2D eigenvalue weighted by atomic mass is 16.5. The monoisotopic (exact) mass is 178 g/mol. The molecular weight excluding hydrogens is 164 g/mol. The van der Waals surface area contributed by atoms with Crippen molar-refractivity contribution < 1.29 is 4.74 Å². The van der Waals surface area contributed by atoms with Crippen LogP contribution in [-0.2, 0) is 4.74 Å². The predicted molar refractivity (Wildman–Crippen MR) is 50.4 cm³/mol. The van der Waals surface area contributed by atoms with Crippen LogP contribution in [0.4, 0.5) is 0 Å². The van der Waals surface area contributed by atoms with E-state index < -0.39 is 0 Å². The second-order valence-electron chi connectivity index (χ2n) is 3.26. The Morgan fingerprint density at radius 1 is 1.62 bits per heavy atom. The Balaban J connectivity index is 2.16. The Morgan fingerprint density at radius 3 is 3.23 bits per heavy atom. The van der Waals surface area contributed by atoms with E-state index in [-0.39, 0.29) is 6.10 Å². The molecule has 1 N–H and O–H groups in total. The van der Waals surface area contributed by atoms with E-state index in [9.17, 15) is 0 Å². The molecule has 2 heterocycles. The molecule has 1 aliphatic rings. The first kappa shape index (κ1) is 8.66. The number of rotatable bonds is 2. The van der Waals surface area contributed by atoms with Crippen molar-refractivity contribution in [3.05, 3.63) is 30.1 Å². The SMILES string of the molecule is CNC1CCOC1c1cccnc1. The predicted octanol–water partition coefficient (Wildman–Crippen LogP) is 1.13. The van der Waals surface area contributed by atoms with E-state index in [0.29, 0.717) is 6.04 Å². The van der Waals surface area contributed by atoms with Crippen LogP contribution >= 0.6 is 0 Å². The van der Waals surface area contributed by atoms with Crippen molar-refractivity contribution in [1.29, 1.82) is 0 Å². The third-order valence-electron chi connectivity index (χ3n) is 2.48. The number of aromatic nitrogens is 1. The third kappa shape index (κ3) is 1.71. The molecule has 1 fully saturated rings. The zero-order valence-corrected chi connectivity index (χ0v) is 7.73. The molecule has 1 aliphatic heterocycles. The first-order chi connectivity index (χ1) is 6.42. The Morgan fingerprint density at radius 2 is 2.54 bits per heavy atom. The summed E-state index contributed by atoms with van der Waals surface area (Å²) in [5.41, 5.74) is 1.17. The van der Waals surface area contributed by atoms with Crippen molar-refractivity contribution in [1.82, 2.24) is 10.3 Å². The summed E-state index contributed by atoms with van der Waals surface area (Å²) in [6.45, 7) is 0.838. The van der Waals surface area contributed by atoms with Gasteiger partial charge in [0.25, 0.3) is 0 Å². The van der Waals surface area contributed by atoms with Gasteiger partial charge in [-0.15, -0.1) is 0 Å². The molecule has 0 saturated carbocycles. The largest absolute Gasteiger partial charge is 0.372 e. The van der Waals surface area contributed by atoms with Gasteiger partial charge in [0.05, 0.1) is 6.10 Å². The summed E-state index contributed by atoms with van der Waals surface area (Å²) >= 11 is 0. The van der Waals surface area contributed by atoms with Gasteiger partial charge in [0, 0.05) is 30.6 Å². The van der Waals surface area contributed by atoms with Gasteiger partial charge in [0.15, 0.2) is 0 Å². The zero-order chi connectivity index (χ0) is 9.10. The average Bonchev–Trinajstić information content (AvgIpc) is 2.67. The zero-order valence-electron chi connectivity index (χ0n) is 7.73. The van der Waals surface area contributed by atoms with E-state index in [2.05, 4.69) is 16.4 Å². The number of hydrogen-bond acceptors (Lipinski definition) is 3. The van der Waals surface area contributed by atoms with Gasteiger partial charge in [-0.3, -0.25) is 4.98 Å². The molecule has 2 atom stereocenters. The minimum absolute atomic E-state index is 0.179. The number of nitrogens with zero attached hydrogens (tertiary/aromatic N) is 1. The lowest BCUT2D eigenvalue weighted by atomic mass is 10.0. The third-order valence-corrected chi connectivity index (χ3v) is 2.48. The maximum absolute atomic E-state index is 5.64. The summed E-state index contributed by atoms with van der Waals surface area (Å²) in [6, 6.07) is 4.45. The topological polar surface area (TPSA) is 34.1 Å². The normalized spacial score (nSPS) is 27.8. The van der Waals surface area contributed by atoms with E-state index in [1.807, 2.05) is 19.3 Å². The second kappa shape index (κ2) is 3.85. The summed E-state index contributed by atoms with van der Waals surface area (Å²) in [4.78, 5) is 4.09.